The van der Waals surface area contributed by atoms with Crippen molar-refractivity contribution in [2.75, 3.05) is 11.3 Å². The lowest BCUT2D eigenvalue weighted by Gasteiger charge is -2.31. The normalized spacial score (nSPS) is 11.4. The number of hydrogen-bond donors (Lipinski definition) is 3. The molecule has 6 nitrogen and oxygen atoms in total. The highest BCUT2D eigenvalue weighted by atomic mass is 35.5. The SMILES string of the molecule is CCC(CC)(CN)NC(=O)c1cccc(S(=O)(=O)Nc2ccccc2F)c1.Cl. The van der Waals surface area contributed by atoms with Gasteiger partial charge in [0, 0.05) is 12.1 Å². The molecule has 2 rings (SSSR count). The van der Waals surface area contributed by atoms with Crippen LogP contribution in [0.2, 0.25) is 0 Å². The van der Waals surface area contributed by atoms with Crippen LogP contribution in [-0.4, -0.2) is 26.4 Å². The number of halogens is 2. The molecule has 0 heterocycles. The summed E-state index contributed by atoms with van der Waals surface area (Å²) in [6.07, 6.45) is 1.30. The van der Waals surface area contributed by atoms with E-state index < -0.39 is 27.3 Å². The number of para-hydroxylation sites is 1. The highest BCUT2D eigenvalue weighted by Gasteiger charge is 2.27. The Morgan fingerprint density at radius 2 is 1.75 bits per heavy atom. The van der Waals surface area contributed by atoms with Gasteiger partial charge in [-0.3, -0.25) is 9.52 Å². The lowest BCUT2D eigenvalue weighted by molar-refractivity contribution is 0.0895. The lowest BCUT2D eigenvalue weighted by atomic mass is 9.92. The first-order valence-corrected chi connectivity index (χ1v) is 10.1. The summed E-state index contributed by atoms with van der Waals surface area (Å²) in [5.41, 5.74) is 5.28. The van der Waals surface area contributed by atoms with E-state index in [0.717, 1.165) is 6.07 Å². The minimum Gasteiger partial charge on any atom is -0.345 e. The number of carbonyl (C=O) groups excluding carboxylic acids is 1. The predicted molar refractivity (Wildman–Crippen MR) is 111 cm³/mol. The Kier molecular flexibility index (Phi) is 8.41. The molecule has 0 spiro atoms. The molecule has 0 radical (unpaired) electrons. The fourth-order valence-electron chi connectivity index (χ4n) is 2.63. The van der Waals surface area contributed by atoms with Gasteiger partial charge in [-0.25, -0.2) is 12.8 Å². The second kappa shape index (κ2) is 9.86. The second-order valence-electron chi connectivity index (χ2n) is 6.26. The van der Waals surface area contributed by atoms with Crippen molar-refractivity contribution < 1.29 is 17.6 Å². The molecule has 2 aromatic rings. The number of anilines is 1. The van der Waals surface area contributed by atoms with E-state index in [1.54, 1.807) is 0 Å². The summed E-state index contributed by atoms with van der Waals surface area (Å²) in [7, 11) is -4.05. The molecule has 0 atom stereocenters. The number of amides is 1. The topological polar surface area (TPSA) is 101 Å². The molecular formula is C19H25ClFN3O3S. The first kappa shape index (κ1) is 23.9. The maximum Gasteiger partial charge on any atom is 0.262 e. The molecule has 0 unspecified atom stereocenters. The zero-order valence-electron chi connectivity index (χ0n) is 15.7. The molecule has 0 aliphatic rings. The third-order valence-corrected chi connectivity index (χ3v) is 6.01. The van der Waals surface area contributed by atoms with Crippen LogP contribution in [0.15, 0.2) is 53.4 Å². The van der Waals surface area contributed by atoms with Gasteiger partial charge in [0.15, 0.2) is 0 Å². The Morgan fingerprint density at radius 3 is 2.32 bits per heavy atom. The molecule has 0 aromatic heterocycles. The number of hydrogen-bond acceptors (Lipinski definition) is 4. The van der Waals surface area contributed by atoms with E-state index >= 15 is 0 Å². The van der Waals surface area contributed by atoms with E-state index in [2.05, 4.69) is 10.0 Å². The largest absolute Gasteiger partial charge is 0.345 e. The molecule has 0 saturated heterocycles. The summed E-state index contributed by atoms with van der Waals surface area (Å²) >= 11 is 0. The Morgan fingerprint density at radius 1 is 1.11 bits per heavy atom. The Balaban J connectivity index is 0.00000392. The van der Waals surface area contributed by atoms with Crippen LogP contribution in [0.1, 0.15) is 37.0 Å². The Labute approximate surface area is 171 Å². The lowest BCUT2D eigenvalue weighted by Crippen LogP contribution is -2.52. The average Bonchev–Trinajstić information content (AvgIpc) is 2.68. The molecule has 2 aromatic carbocycles. The van der Waals surface area contributed by atoms with Crippen molar-refractivity contribution >= 4 is 34.0 Å². The average molecular weight is 430 g/mol. The first-order chi connectivity index (χ1) is 12.8. The van der Waals surface area contributed by atoms with Crippen LogP contribution in [0.25, 0.3) is 0 Å². The van der Waals surface area contributed by atoms with Crippen LogP contribution >= 0.6 is 12.4 Å². The van der Waals surface area contributed by atoms with Gasteiger partial charge in [-0.2, -0.15) is 0 Å². The number of benzene rings is 2. The van der Waals surface area contributed by atoms with Crippen LogP contribution in [-0.2, 0) is 10.0 Å². The highest BCUT2D eigenvalue weighted by molar-refractivity contribution is 7.92. The molecule has 4 N–H and O–H groups in total. The minimum absolute atomic E-state index is 0. The molecule has 0 fully saturated rings. The predicted octanol–water partition coefficient (Wildman–Crippen LogP) is 3.30. The van der Waals surface area contributed by atoms with Gasteiger partial charge in [-0.15, -0.1) is 12.4 Å². The van der Waals surface area contributed by atoms with E-state index in [1.807, 2.05) is 13.8 Å². The number of rotatable bonds is 8. The van der Waals surface area contributed by atoms with Crippen molar-refractivity contribution in [1.82, 2.24) is 5.32 Å². The molecular weight excluding hydrogens is 405 g/mol. The highest BCUT2D eigenvalue weighted by Crippen LogP contribution is 2.20. The monoisotopic (exact) mass is 429 g/mol. The number of carbonyl (C=O) groups is 1. The van der Waals surface area contributed by atoms with Gasteiger partial charge in [-0.1, -0.05) is 32.0 Å². The standard InChI is InChI=1S/C19H24FN3O3S.ClH/c1-3-19(4-2,13-21)22-18(24)14-8-7-9-15(12-14)27(25,26)23-17-11-6-5-10-16(17)20;/h5-12,23H,3-4,13,21H2,1-2H3,(H,22,24);1H. The maximum atomic E-state index is 13.7. The van der Waals surface area contributed by atoms with Gasteiger partial charge in [0.1, 0.15) is 5.82 Å². The summed E-state index contributed by atoms with van der Waals surface area (Å²) in [5, 5.41) is 2.89. The Hall–Kier alpha value is -2.16. The third-order valence-electron chi connectivity index (χ3n) is 4.65. The molecule has 0 aliphatic heterocycles. The van der Waals surface area contributed by atoms with Gasteiger partial charge in [-0.05, 0) is 43.2 Å². The summed E-state index contributed by atoms with van der Waals surface area (Å²) in [6.45, 7) is 4.13. The number of sulfonamides is 1. The Bertz CT molecular complexity index is 910. The van der Waals surface area contributed by atoms with Crippen LogP contribution in [0.3, 0.4) is 0 Å². The number of nitrogens with two attached hydrogens (primary N) is 1. The van der Waals surface area contributed by atoms with Crippen molar-refractivity contribution in [1.29, 1.82) is 0 Å². The molecule has 0 bridgehead atoms. The van der Waals surface area contributed by atoms with E-state index in [-0.39, 0.29) is 35.1 Å². The smallest absolute Gasteiger partial charge is 0.262 e. The van der Waals surface area contributed by atoms with Crippen LogP contribution < -0.4 is 15.8 Å². The summed E-state index contributed by atoms with van der Waals surface area (Å²) in [4.78, 5) is 12.5. The molecule has 0 saturated carbocycles. The first-order valence-electron chi connectivity index (χ1n) is 8.67. The van der Waals surface area contributed by atoms with Gasteiger partial charge in [0.25, 0.3) is 15.9 Å². The van der Waals surface area contributed by atoms with Crippen molar-refractivity contribution in [2.45, 2.75) is 37.1 Å². The van der Waals surface area contributed by atoms with Gasteiger partial charge in [0.2, 0.25) is 0 Å². The number of nitrogens with one attached hydrogen (secondary N) is 2. The summed E-state index contributed by atoms with van der Waals surface area (Å²) < 4.78 is 41.0. The second-order valence-corrected chi connectivity index (χ2v) is 7.94. The minimum atomic E-state index is -4.05. The zero-order chi connectivity index (χ0) is 20.1. The fourth-order valence-corrected chi connectivity index (χ4v) is 3.74. The van der Waals surface area contributed by atoms with Crippen LogP contribution in [0.5, 0.6) is 0 Å². The van der Waals surface area contributed by atoms with Gasteiger partial charge in [0.05, 0.1) is 16.1 Å². The zero-order valence-corrected chi connectivity index (χ0v) is 17.4. The van der Waals surface area contributed by atoms with Gasteiger partial charge < -0.3 is 11.1 Å². The molecule has 0 aliphatic carbocycles. The van der Waals surface area contributed by atoms with Gasteiger partial charge >= 0.3 is 0 Å². The molecule has 9 heteroatoms. The van der Waals surface area contributed by atoms with E-state index in [4.69, 9.17) is 5.73 Å². The van der Waals surface area contributed by atoms with E-state index in [9.17, 15) is 17.6 Å². The van der Waals surface area contributed by atoms with Crippen molar-refractivity contribution in [3.63, 3.8) is 0 Å². The van der Waals surface area contributed by atoms with Crippen LogP contribution in [0.4, 0.5) is 10.1 Å². The summed E-state index contributed by atoms with van der Waals surface area (Å²) in [5.74, 6) is -1.10. The molecule has 154 valence electrons. The fraction of sp³-hybridized carbons (Fsp3) is 0.316. The molecule has 28 heavy (non-hydrogen) atoms. The van der Waals surface area contributed by atoms with E-state index in [0.29, 0.717) is 12.8 Å². The maximum absolute atomic E-state index is 13.7. The molecule has 1 amide bonds. The van der Waals surface area contributed by atoms with E-state index in [1.165, 1.54) is 42.5 Å². The van der Waals surface area contributed by atoms with Crippen molar-refractivity contribution in [3.8, 4) is 0 Å². The van der Waals surface area contributed by atoms with Crippen LogP contribution in [0, 0.1) is 5.82 Å². The third kappa shape index (κ3) is 5.43. The van der Waals surface area contributed by atoms with Crippen molar-refractivity contribution in [3.05, 3.63) is 59.9 Å². The van der Waals surface area contributed by atoms with Crippen molar-refractivity contribution in [2.24, 2.45) is 5.73 Å². The quantitative estimate of drug-likeness (QED) is 0.599. The summed E-state index contributed by atoms with van der Waals surface area (Å²) in [6, 6.07) is 11.0.